The van der Waals surface area contributed by atoms with Gasteiger partial charge in [0, 0.05) is 10.4 Å². The number of halogens is 2. The second-order valence-corrected chi connectivity index (χ2v) is 6.95. The lowest BCUT2D eigenvalue weighted by Crippen LogP contribution is -2.33. The second kappa shape index (κ2) is 6.61. The van der Waals surface area contributed by atoms with Crippen molar-refractivity contribution in [2.45, 2.75) is 38.2 Å². The van der Waals surface area contributed by atoms with E-state index < -0.39 is 5.79 Å². The molecule has 2 atom stereocenters. The summed E-state index contributed by atoms with van der Waals surface area (Å²) >= 11 is 12.4. The minimum Gasteiger partial charge on any atom is -0.454 e. The van der Waals surface area contributed by atoms with Crippen LogP contribution in [0.3, 0.4) is 0 Å². The van der Waals surface area contributed by atoms with Crippen molar-refractivity contribution >= 4 is 34.2 Å². The highest BCUT2D eigenvalue weighted by Crippen LogP contribution is 2.41. The minimum atomic E-state index is -1.07. The van der Waals surface area contributed by atoms with Crippen molar-refractivity contribution in [2.75, 3.05) is 6.61 Å². The van der Waals surface area contributed by atoms with Gasteiger partial charge in [0.15, 0.2) is 11.3 Å². The summed E-state index contributed by atoms with van der Waals surface area (Å²) < 4.78 is 20.0. The Kier molecular flexibility index (Phi) is 4.45. The number of nitrogens with zero attached hydrogens (tertiary/aromatic N) is 3. The molecule has 0 bridgehead atoms. The van der Waals surface area contributed by atoms with Gasteiger partial charge in [-0.25, -0.2) is 9.67 Å². The largest absolute Gasteiger partial charge is 0.454 e. The van der Waals surface area contributed by atoms with E-state index in [1.165, 1.54) is 6.33 Å². The topological polar surface area (TPSA) is 62.3 Å². The van der Waals surface area contributed by atoms with Gasteiger partial charge in [-0.15, -0.1) is 0 Å². The van der Waals surface area contributed by atoms with Gasteiger partial charge in [-0.1, -0.05) is 36.5 Å². The maximum atomic E-state index is 6.27. The van der Waals surface area contributed by atoms with Crippen LogP contribution in [0.4, 0.5) is 0 Å². The standard InChI is InChI=1S/C17H17Cl2N3O3/c1-2-3-13-7-23-17(25-13,8-22-10-20-9-21-22)15-5-11-4-12(18)6-14(19)16(11)24-15/h4-6,9-10,13H,2-3,7-8H2,1H3. The van der Waals surface area contributed by atoms with Gasteiger partial charge in [-0.2, -0.15) is 5.10 Å². The normalized spacial score (nSPS) is 23.6. The highest BCUT2D eigenvalue weighted by molar-refractivity contribution is 6.38. The van der Waals surface area contributed by atoms with Crippen LogP contribution >= 0.6 is 23.2 Å². The lowest BCUT2D eigenvalue weighted by molar-refractivity contribution is -0.200. The molecule has 25 heavy (non-hydrogen) atoms. The zero-order chi connectivity index (χ0) is 17.4. The Morgan fingerprint density at radius 2 is 2.20 bits per heavy atom. The molecule has 8 heteroatoms. The van der Waals surface area contributed by atoms with E-state index in [1.807, 2.05) is 6.07 Å². The van der Waals surface area contributed by atoms with E-state index in [4.69, 9.17) is 37.1 Å². The predicted octanol–water partition coefficient (Wildman–Crippen LogP) is 4.40. The van der Waals surface area contributed by atoms with Crippen molar-refractivity contribution in [3.05, 3.63) is 46.7 Å². The molecule has 0 N–H and O–H groups in total. The molecule has 0 saturated carbocycles. The Hall–Kier alpha value is -1.60. The van der Waals surface area contributed by atoms with Gasteiger partial charge >= 0.3 is 0 Å². The summed E-state index contributed by atoms with van der Waals surface area (Å²) in [5, 5.41) is 5.97. The highest BCUT2D eigenvalue weighted by Gasteiger charge is 2.46. The predicted molar refractivity (Wildman–Crippen MR) is 93.7 cm³/mol. The van der Waals surface area contributed by atoms with Crippen molar-refractivity contribution in [3.8, 4) is 0 Å². The van der Waals surface area contributed by atoms with Crippen LogP contribution in [0.5, 0.6) is 0 Å². The van der Waals surface area contributed by atoms with Gasteiger partial charge in [0.1, 0.15) is 19.2 Å². The maximum Gasteiger partial charge on any atom is 0.249 e. The summed E-state index contributed by atoms with van der Waals surface area (Å²) in [6.07, 6.45) is 5.01. The molecular formula is C17H17Cl2N3O3. The van der Waals surface area contributed by atoms with Crippen LogP contribution in [0.2, 0.25) is 10.0 Å². The zero-order valence-corrected chi connectivity index (χ0v) is 15.1. The number of fused-ring (bicyclic) bond motifs is 1. The molecule has 1 aromatic carbocycles. The van der Waals surface area contributed by atoms with E-state index in [-0.39, 0.29) is 6.10 Å². The average Bonchev–Trinajstić information content (AvgIpc) is 3.28. The third-order valence-electron chi connectivity index (χ3n) is 4.22. The second-order valence-electron chi connectivity index (χ2n) is 6.10. The first-order valence-corrected chi connectivity index (χ1v) is 8.88. The van der Waals surface area contributed by atoms with Crippen LogP contribution in [-0.4, -0.2) is 27.5 Å². The molecule has 3 aromatic rings. The quantitative estimate of drug-likeness (QED) is 0.655. The van der Waals surface area contributed by atoms with Gasteiger partial charge in [0.05, 0.1) is 17.7 Å². The Balaban J connectivity index is 1.77. The molecule has 2 unspecified atom stereocenters. The molecule has 4 rings (SSSR count). The molecule has 3 heterocycles. The fourth-order valence-corrected chi connectivity index (χ4v) is 3.66. The lowest BCUT2D eigenvalue weighted by Gasteiger charge is -2.25. The first-order valence-electron chi connectivity index (χ1n) is 8.13. The fourth-order valence-electron chi connectivity index (χ4n) is 3.11. The van der Waals surface area contributed by atoms with Crippen molar-refractivity contribution in [2.24, 2.45) is 0 Å². The number of hydrogen-bond donors (Lipinski definition) is 0. The van der Waals surface area contributed by atoms with E-state index >= 15 is 0 Å². The minimum absolute atomic E-state index is 0.000735. The summed E-state index contributed by atoms with van der Waals surface area (Å²) in [4.78, 5) is 3.98. The molecule has 132 valence electrons. The van der Waals surface area contributed by atoms with E-state index in [9.17, 15) is 0 Å². The van der Waals surface area contributed by atoms with Crippen LogP contribution < -0.4 is 0 Å². The molecule has 2 aromatic heterocycles. The molecule has 1 aliphatic heterocycles. The number of furan rings is 1. The number of aromatic nitrogens is 3. The van der Waals surface area contributed by atoms with Crippen molar-refractivity contribution in [3.63, 3.8) is 0 Å². The molecule has 1 fully saturated rings. The van der Waals surface area contributed by atoms with Gasteiger partial charge in [-0.3, -0.25) is 0 Å². The number of benzene rings is 1. The SMILES string of the molecule is CCCC1COC(Cn2cncn2)(c2cc3cc(Cl)cc(Cl)c3o2)O1. The molecular weight excluding hydrogens is 365 g/mol. The Morgan fingerprint density at radius 3 is 2.96 bits per heavy atom. The van der Waals surface area contributed by atoms with E-state index in [0.29, 0.717) is 34.5 Å². The van der Waals surface area contributed by atoms with Crippen molar-refractivity contribution < 1.29 is 13.9 Å². The van der Waals surface area contributed by atoms with E-state index in [0.717, 1.165) is 18.2 Å². The van der Waals surface area contributed by atoms with Crippen molar-refractivity contribution in [1.29, 1.82) is 0 Å². The van der Waals surface area contributed by atoms with Gasteiger partial charge in [0.2, 0.25) is 5.79 Å². The first kappa shape index (κ1) is 16.8. The summed E-state index contributed by atoms with van der Waals surface area (Å²) in [6, 6.07) is 5.31. The number of hydrogen-bond acceptors (Lipinski definition) is 5. The molecule has 6 nitrogen and oxygen atoms in total. The molecule has 0 amide bonds. The van der Waals surface area contributed by atoms with Crippen LogP contribution in [0.1, 0.15) is 25.5 Å². The zero-order valence-electron chi connectivity index (χ0n) is 13.6. The van der Waals surface area contributed by atoms with Gasteiger partial charge in [0.25, 0.3) is 0 Å². The Morgan fingerprint density at radius 1 is 1.32 bits per heavy atom. The third-order valence-corrected chi connectivity index (χ3v) is 4.72. The van der Waals surface area contributed by atoms with Gasteiger partial charge in [-0.05, 0) is 24.6 Å². The van der Waals surface area contributed by atoms with Crippen molar-refractivity contribution in [1.82, 2.24) is 14.8 Å². The Labute approximate surface area is 154 Å². The van der Waals surface area contributed by atoms with E-state index in [1.54, 1.807) is 23.1 Å². The molecule has 0 aliphatic carbocycles. The van der Waals surface area contributed by atoms with E-state index in [2.05, 4.69) is 17.0 Å². The number of rotatable bonds is 5. The molecule has 1 saturated heterocycles. The molecule has 1 aliphatic rings. The number of ether oxygens (including phenoxy) is 2. The van der Waals surface area contributed by atoms with Crippen LogP contribution in [0.15, 0.2) is 35.3 Å². The summed E-state index contributed by atoms with van der Waals surface area (Å²) in [5.41, 5.74) is 0.560. The lowest BCUT2D eigenvalue weighted by atomic mass is 10.1. The molecule has 0 radical (unpaired) electrons. The summed E-state index contributed by atoms with van der Waals surface area (Å²) in [6.45, 7) is 2.94. The summed E-state index contributed by atoms with van der Waals surface area (Å²) in [5.74, 6) is -0.525. The fraction of sp³-hybridized carbons (Fsp3) is 0.412. The maximum absolute atomic E-state index is 6.27. The first-order chi connectivity index (χ1) is 12.1. The van der Waals surface area contributed by atoms with Crippen LogP contribution in [0, 0.1) is 0 Å². The summed E-state index contributed by atoms with van der Waals surface area (Å²) in [7, 11) is 0. The average molecular weight is 382 g/mol. The highest BCUT2D eigenvalue weighted by atomic mass is 35.5. The molecule has 0 spiro atoms. The smallest absolute Gasteiger partial charge is 0.249 e. The monoisotopic (exact) mass is 381 g/mol. The van der Waals surface area contributed by atoms with Gasteiger partial charge < -0.3 is 13.9 Å². The third kappa shape index (κ3) is 3.15. The van der Waals surface area contributed by atoms with Crippen LogP contribution in [0.25, 0.3) is 11.0 Å². The van der Waals surface area contributed by atoms with Crippen LogP contribution in [-0.2, 0) is 21.8 Å². The Bertz CT molecular complexity index is 881.